The number of urea groups is 1. The van der Waals surface area contributed by atoms with Crippen molar-refractivity contribution in [2.45, 2.75) is 13.1 Å². The zero-order valence-corrected chi connectivity index (χ0v) is 17.4. The van der Waals surface area contributed by atoms with E-state index in [0.717, 1.165) is 22.2 Å². The quantitative estimate of drug-likeness (QED) is 0.422. The van der Waals surface area contributed by atoms with Crippen LogP contribution in [0.4, 0.5) is 20.1 Å². The minimum absolute atomic E-state index is 0.0774. The Morgan fingerprint density at radius 3 is 2.87 bits per heavy atom. The minimum Gasteiger partial charge on any atom is -0.358 e. The number of carbonyl (C=O) groups excluding carboxylic acids is 2. The van der Waals surface area contributed by atoms with Gasteiger partial charge in [0.25, 0.3) is 5.91 Å². The van der Waals surface area contributed by atoms with Gasteiger partial charge in [-0.2, -0.15) is 0 Å². The van der Waals surface area contributed by atoms with Gasteiger partial charge in [-0.25, -0.2) is 14.2 Å². The maximum Gasteiger partial charge on any atom is 0.357 e. The molecule has 2 heterocycles. The molecule has 0 bridgehead atoms. The van der Waals surface area contributed by atoms with Gasteiger partial charge in [-0.05, 0) is 22.6 Å². The highest BCUT2D eigenvalue weighted by atomic mass is 32.1. The number of rotatable bonds is 7. The summed E-state index contributed by atoms with van der Waals surface area (Å²) in [5, 5.41) is 22.0. The fourth-order valence-corrected chi connectivity index (χ4v) is 3.42. The fraction of sp³-hybridized carbons (Fsp3) is 0.222. The first-order valence-electron chi connectivity index (χ1n) is 8.90. The van der Waals surface area contributed by atoms with Crippen molar-refractivity contribution in [2.75, 3.05) is 12.4 Å². The van der Waals surface area contributed by atoms with Crippen molar-refractivity contribution in [3.8, 4) is 0 Å². The van der Waals surface area contributed by atoms with E-state index >= 15 is 0 Å². The van der Waals surface area contributed by atoms with Gasteiger partial charge in [0.05, 0.1) is 18.4 Å². The Labute approximate surface area is 179 Å². The van der Waals surface area contributed by atoms with Gasteiger partial charge in [-0.3, -0.25) is 10.1 Å². The monoisotopic (exact) mass is 447 g/mol. The lowest BCUT2D eigenvalue weighted by Crippen LogP contribution is -2.28. The second-order valence-corrected chi connectivity index (χ2v) is 7.36. The number of aryl methyl sites for hydroxylation is 1. The van der Waals surface area contributed by atoms with Crippen LogP contribution in [0.1, 0.15) is 21.6 Å². The lowest BCUT2D eigenvalue weighted by Gasteiger charge is -2.14. The molecule has 0 aliphatic rings. The first-order chi connectivity index (χ1) is 14.7. The summed E-state index contributed by atoms with van der Waals surface area (Å²) in [5.41, 5.74) is 0.979. The first kappa shape index (κ1) is 21.8. The van der Waals surface area contributed by atoms with Crippen molar-refractivity contribution >= 4 is 34.2 Å². The molecule has 13 heteroatoms. The van der Waals surface area contributed by atoms with Crippen LogP contribution in [0, 0.1) is 15.9 Å². The molecule has 3 amide bonds. The highest BCUT2D eigenvalue weighted by Gasteiger charge is 2.27. The van der Waals surface area contributed by atoms with Crippen LogP contribution in [-0.4, -0.2) is 43.6 Å². The Bertz CT molecular complexity index is 1130. The number of amides is 3. The van der Waals surface area contributed by atoms with Gasteiger partial charge in [-0.15, -0.1) is 16.0 Å². The molecule has 3 rings (SSSR count). The zero-order valence-electron chi connectivity index (χ0n) is 16.5. The highest BCUT2D eigenvalue weighted by molar-refractivity contribution is 7.13. The normalized spacial score (nSPS) is 10.5. The molecular weight excluding hydrogens is 429 g/mol. The van der Waals surface area contributed by atoms with E-state index in [1.165, 1.54) is 31.1 Å². The molecule has 0 aliphatic heterocycles. The SMILES string of the molecule is CN(Cc1csc(NC(=O)NCc2cccc(F)c2)n1)C(=O)c1cnn(C)c1[N+](=O)[O-]. The number of nitrogens with zero attached hydrogens (tertiary/aromatic N) is 5. The van der Waals surface area contributed by atoms with Gasteiger partial charge in [0, 0.05) is 19.0 Å². The number of carbonyl (C=O) groups is 2. The summed E-state index contributed by atoms with van der Waals surface area (Å²) < 4.78 is 14.2. The van der Waals surface area contributed by atoms with E-state index in [9.17, 15) is 24.1 Å². The van der Waals surface area contributed by atoms with Crippen LogP contribution in [0.5, 0.6) is 0 Å². The Hall–Kier alpha value is -3.87. The molecule has 0 spiro atoms. The van der Waals surface area contributed by atoms with Gasteiger partial charge in [0.2, 0.25) is 0 Å². The maximum atomic E-state index is 13.2. The minimum atomic E-state index is -0.665. The van der Waals surface area contributed by atoms with Crippen molar-refractivity contribution in [1.82, 2.24) is 25.0 Å². The topological polar surface area (TPSA) is 135 Å². The second kappa shape index (κ2) is 9.30. The van der Waals surface area contributed by atoms with E-state index < -0.39 is 22.7 Å². The molecule has 0 radical (unpaired) electrons. The third kappa shape index (κ3) is 5.39. The number of hydrogen-bond donors (Lipinski definition) is 2. The van der Waals surface area contributed by atoms with Crippen LogP contribution in [0.15, 0.2) is 35.8 Å². The molecule has 0 fully saturated rings. The fourth-order valence-electron chi connectivity index (χ4n) is 2.73. The molecule has 2 aromatic heterocycles. The van der Waals surface area contributed by atoms with Crippen LogP contribution in [0.25, 0.3) is 0 Å². The molecule has 0 saturated heterocycles. The van der Waals surface area contributed by atoms with Crippen molar-refractivity contribution < 1.29 is 18.9 Å². The van der Waals surface area contributed by atoms with Crippen LogP contribution >= 0.6 is 11.3 Å². The number of benzene rings is 1. The van der Waals surface area contributed by atoms with E-state index in [2.05, 4.69) is 20.7 Å². The average Bonchev–Trinajstić information content (AvgIpc) is 3.32. The van der Waals surface area contributed by atoms with Gasteiger partial charge < -0.3 is 20.3 Å². The number of thiazole rings is 1. The molecule has 2 N–H and O–H groups in total. The molecule has 162 valence electrons. The summed E-state index contributed by atoms with van der Waals surface area (Å²) in [4.78, 5) is 40.6. The van der Waals surface area contributed by atoms with Crippen LogP contribution in [0.2, 0.25) is 0 Å². The Morgan fingerprint density at radius 2 is 2.16 bits per heavy atom. The molecule has 31 heavy (non-hydrogen) atoms. The number of halogens is 1. The third-order valence-corrected chi connectivity index (χ3v) is 4.98. The Morgan fingerprint density at radius 1 is 1.39 bits per heavy atom. The molecular formula is C18H18FN7O4S. The Kier molecular flexibility index (Phi) is 6.55. The molecule has 0 saturated carbocycles. The second-order valence-electron chi connectivity index (χ2n) is 6.51. The molecule has 1 aromatic carbocycles. The van der Waals surface area contributed by atoms with E-state index in [1.54, 1.807) is 17.5 Å². The number of nitro groups is 1. The lowest BCUT2D eigenvalue weighted by molar-refractivity contribution is -0.392. The standard InChI is InChI=1S/C18H18FN7O4S/c1-24(16(27)14-8-21-25(2)15(14)26(29)30)9-13-10-31-18(22-13)23-17(28)20-7-11-4-3-5-12(19)6-11/h3-6,8,10H,7,9H2,1-2H3,(H2,20,22,23,28). The zero-order chi connectivity index (χ0) is 22.5. The van der Waals surface area contributed by atoms with E-state index in [0.29, 0.717) is 16.4 Å². The Balaban J connectivity index is 1.56. The number of anilines is 1. The van der Waals surface area contributed by atoms with Crippen molar-refractivity contribution in [2.24, 2.45) is 7.05 Å². The van der Waals surface area contributed by atoms with Gasteiger partial charge >= 0.3 is 11.8 Å². The molecule has 11 nitrogen and oxygen atoms in total. The maximum absolute atomic E-state index is 13.2. The summed E-state index contributed by atoms with van der Waals surface area (Å²) in [6.07, 6.45) is 1.15. The first-order valence-corrected chi connectivity index (χ1v) is 9.78. The summed E-state index contributed by atoms with van der Waals surface area (Å²) in [6.45, 7) is 0.219. The average molecular weight is 447 g/mol. The summed E-state index contributed by atoms with van der Waals surface area (Å²) >= 11 is 1.16. The van der Waals surface area contributed by atoms with Crippen LogP contribution < -0.4 is 10.6 Å². The predicted molar refractivity (Wildman–Crippen MR) is 110 cm³/mol. The van der Waals surface area contributed by atoms with Crippen LogP contribution in [-0.2, 0) is 20.1 Å². The third-order valence-electron chi connectivity index (χ3n) is 4.17. The summed E-state index contributed by atoms with van der Waals surface area (Å²) in [7, 11) is 2.86. The van der Waals surface area contributed by atoms with Gasteiger partial charge in [0.1, 0.15) is 12.9 Å². The smallest absolute Gasteiger partial charge is 0.357 e. The van der Waals surface area contributed by atoms with Gasteiger partial charge in [-0.1, -0.05) is 17.2 Å². The molecule has 3 aromatic rings. The molecule has 0 atom stereocenters. The predicted octanol–water partition coefficient (Wildman–Crippen LogP) is 2.52. The van der Waals surface area contributed by atoms with Crippen molar-refractivity contribution in [1.29, 1.82) is 0 Å². The number of hydrogen-bond acceptors (Lipinski definition) is 7. The largest absolute Gasteiger partial charge is 0.358 e. The molecule has 0 aliphatic carbocycles. The van der Waals surface area contributed by atoms with Crippen molar-refractivity contribution in [3.05, 3.63) is 68.6 Å². The van der Waals surface area contributed by atoms with E-state index in [4.69, 9.17) is 0 Å². The van der Waals surface area contributed by atoms with Crippen LogP contribution in [0.3, 0.4) is 0 Å². The summed E-state index contributed by atoms with van der Waals surface area (Å²) in [5.74, 6) is -1.36. The summed E-state index contributed by atoms with van der Waals surface area (Å²) in [6, 6.07) is 5.36. The van der Waals surface area contributed by atoms with E-state index in [-0.39, 0.29) is 24.5 Å². The number of nitrogens with one attached hydrogen (secondary N) is 2. The number of aromatic nitrogens is 3. The van der Waals surface area contributed by atoms with E-state index in [1.807, 2.05) is 0 Å². The molecule has 0 unspecified atom stereocenters. The van der Waals surface area contributed by atoms with Crippen molar-refractivity contribution in [3.63, 3.8) is 0 Å². The lowest BCUT2D eigenvalue weighted by atomic mass is 10.2. The highest BCUT2D eigenvalue weighted by Crippen LogP contribution is 2.21. The van der Waals surface area contributed by atoms with Gasteiger partial charge in [0.15, 0.2) is 10.7 Å².